The minimum absolute atomic E-state index is 0.0588. The van der Waals surface area contributed by atoms with E-state index in [2.05, 4.69) is 50.5 Å². The van der Waals surface area contributed by atoms with Crippen molar-refractivity contribution in [3.8, 4) is 22.4 Å². The van der Waals surface area contributed by atoms with Gasteiger partial charge in [-0.25, -0.2) is 9.97 Å². The second kappa shape index (κ2) is 12.6. The van der Waals surface area contributed by atoms with E-state index in [0.29, 0.717) is 28.0 Å². The number of nitrogens with one attached hydrogen (secondary N) is 1. The molecule has 0 unspecified atom stereocenters. The van der Waals surface area contributed by atoms with Crippen LogP contribution in [0.1, 0.15) is 29.3 Å². The molecule has 39 heavy (non-hydrogen) atoms. The number of rotatable bonds is 8. The molecule has 0 aliphatic rings. The van der Waals surface area contributed by atoms with Crippen molar-refractivity contribution in [1.82, 2.24) is 15.3 Å². The molecule has 0 bridgehead atoms. The summed E-state index contributed by atoms with van der Waals surface area (Å²) in [7, 11) is 0. The first-order chi connectivity index (χ1) is 19.0. The minimum atomic E-state index is -0.0839. The highest BCUT2D eigenvalue weighted by Gasteiger charge is 2.19. The molecule has 5 aromatic rings. The smallest absolute Gasteiger partial charge is 0.221 e. The Balaban J connectivity index is 1.40. The van der Waals surface area contributed by atoms with Gasteiger partial charge in [-0.1, -0.05) is 112 Å². The van der Waals surface area contributed by atoms with Gasteiger partial charge in [0.1, 0.15) is 5.82 Å². The van der Waals surface area contributed by atoms with E-state index in [-0.39, 0.29) is 18.4 Å². The van der Waals surface area contributed by atoms with E-state index in [1.165, 1.54) is 0 Å². The molecule has 0 radical (unpaired) electrons. The summed E-state index contributed by atoms with van der Waals surface area (Å²) in [5.74, 6) is 0.345. The Morgan fingerprint density at radius 2 is 1.46 bits per heavy atom. The van der Waals surface area contributed by atoms with E-state index in [1.54, 1.807) is 18.3 Å². The average molecular weight is 617 g/mol. The number of halogens is 3. The van der Waals surface area contributed by atoms with Gasteiger partial charge in [0, 0.05) is 39.2 Å². The highest BCUT2D eigenvalue weighted by atomic mass is 79.9. The van der Waals surface area contributed by atoms with Crippen LogP contribution in [0.3, 0.4) is 0 Å². The molecular formula is C32H24BrCl2N3O. The number of carbonyl (C=O) groups excluding carboxylic acids is 1. The topological polar surface area (TPSA) is 54.9 Å². The number of hydrogen-bond acceptors (Lipinski definition) is 3. The lowest BCUT2D eigenvalue weighted by Crippen LogP contribution is -2.26. The summed E-state index contributed by atoms with van der Waals surface area (Å²) in [6, 6.07) is 33.4. The van der Waals surface area contributed by atoms with Crippen molar-refractivity contribution in [2.24, 2.45) is 0 Å². The summed E-state index contributed by atoms with van der Waals surface area (Å²) >= 11 is 16.2. The average Bonchev–Trinajstić information content (AvgIpc) is 2.96. The maximum absolute atomic E-state index is 13.1. The van der Waals surface area contributed by atoms with Crippen molar-refractivity contribution >= 4 is 45.0 Å². The number of carbonyl (C=O) groups is 1. The largest absolute Gasteiger partial charge is 0.349 e. The molecule has 4 aromatic carbocycles. The molecule has 0 spiro atoms. The van der Waals surface area contributed by atoms with E-state index in [4.69, 9.17) is 28.2 Å². The van der Waals surface area contributed by atoms with Crippen LogP contribution in [-0.2, 0) is 11.3 Å². The number of aromatic nitrogens is 2. The van der Waals surface area contributed by atoms with Crippen LogP contribution in [0, 0.1) is 0 Å². The zero-order chi connectivity index (χ0) is 27.2. The highest BCUT2D eigenvalue weighted by molar-refractivity contribution is 9.10. The van der Waals surface area contributed by atoms with E-state index in [9.17, 15) is 4.79 Å². The third-order valence-corrected chi connectivity index (χ3v) is 7.49. The quantitative estimate of drug-likeness (QED) is 0.190. The Morgan fingerprint density at radius 1 is 0.821 bits per heavy atom. The number of benzene rings is 4. The predicted molar refractivity (Wildman–Crippen MR) is 162 cm³/mol. The molecule has 0 aliphatic carbocycles. The number of amides is 1. The molecule has 5 rings (SSSR count). The third kappa shape index (κ3) is 6.74. The molecule has 1 N–H and O–H groups in total. The molecule has 0 saturated heterocycles. The van der Waals surface area contributed by atoms with Gasteiger partial charge in [0.2, 0.25) is 5.91 Å². The standard InChI is InChI=1S/C32H24BrCl2N3O/c33-24-13-11-23(12-14-24)28-19-36-30(38-32(28)26-16-15-25(34)17-29(26)35)20-37-31(39)18-27(21-7-3-1-4-8-21)22-9-5-2-6-10-22/h1-17,19,27H,18,20H2,(H,37,39). The monoisotopic (exact) mass is 615 g/mol. The summed E-state index contributed by atoms with van der Waals surface area (Å²) in [5.41, 5.74) is 5.37. The zero-order valence-corrected chi connectivity index (χ0v) is 23.9. The lowest BCUT2D eigenvalue weighted by atomic mass is 9.88. The molecule has 0 aliphatic heterocycles. The fraction of sp³-hybridized carbons (Fsp3) is 0.0938. The zero-order valence-electron chi connectivity index (χ0n) is 20.8. The second-order valence-corrected chi connectivity index (χ2v) is 10.8. The first-order valence-electron chi connectivity index (χ1n) is 12.4. The second-order valence-electron chi connectivity index (χ2n) is 9.03. The van der Waals surface area contributed by atoms with Crippen molar-refractivity contribution in [1.29, 1.82) is 0 Å². The summed E-state index contributed by atoms with van der Waals surface area (Å²) in [5, 5.41) is 4.05. The highest BCUT2D eigenvalue weighted by Crippen LogP contribution is 2.36. The van der Waals surface area contributed by atoms with Gasteiger partial charge >= 0.3 is 0 Å². The van der Waals surface area contributed by atoms with E-state index in [1.807, 2.05) is 66.7 Å². The third-order valence-electron chi connectivity index (χ3n) is 6.42. The van der Waals surface area contributed by atoms with Gasteiger partial charge in [0.15, 0.2) is 0 Å². The Bertz CT molecular complexity index is 1540. The molecule has 1 heterocycles. The van der Waals surface area contributed by atoms with Gasteiger partial charge in [-0.3, -0.25) is 4.79 Å². The van der Waals surface area contributed by atoms with Gasteiger partial charge in [0.05, 0.1) is 17.3 Å². The summed E-state index contributed by atoms with van der Waals surface area (Å²) in [4.78, 5) is 22.5. The Hall–Kier alpha value is -3.51. The summed E-state index contributed by atoms with van der Waals surface area (Å²) < 4.78 is 0.974. The van der Waals surface area contributed by atoms with Crippen LogP contribution in [0.5, 0.6) is 0 Å². The molecular weight excluding hydrogens is 593 g/mol. The first kappa shape index (κ1) is 27.1. The minimum Gasteiger partial charge on any atom is -0.349 e. The predicted octanol–water partition coefficient (Wildman–Crippen LogP) is 8.72. The van der Waals surface area contributed by atoms with Gasteiger partial charge in [-0.15, -0.1) is 0 Å². The fourth-order valence-electron chi connectivity index (χ4n) is 4.47. The Morgan fingerprint density at radius 3 is 2.08 bits per heavy atom. The van der Waals surface area contributed by atoms with E-state index in [0.717, 1.165) is 32.3 Å². The Kier molecular flexibility index (Phi) is 8.72. The van der Waals surface area contributed by atoms with Crippen LogP contribution in [0.4, 0.5) is 0 Å². The van der Waals surface area contributed by atoms with Crippen molar-refractivity contribution in [2.75, 3.05) is 0 Å². The fourth-order valence-corrected chi connectivity index (χ4v) is 5.23. The van der Waals surface area contributed by atoms with Gasteiger partial charge in [-0.05, 0) is 47.0 Å². The SMILES string of the molecule is O=C(CC(c1ccccc1)c1ccccc1)NCc1ncc(-c2ccc(Br)cc2)c(-c2ccc(Cl)cc2Cl)n1. The molecule has 1 aromatic heterocycles. The van der Waals surface area contributed by atoms with Gasteiger partial charge in [0.25, 0.3) is 0 Å². The van der Waals surface area contributed by atoms with Crippen molar-refractivity contribution in [2.45, 2.75) is 18.9 Å². The van der Waals surface area contributed by atoms with Crippen LogP contribution in [-0.4, -0.2) is 15.9 Å². The maximum atomic E-state index is 13.1. The molecule has 194 valence electrons. The molecule has 7 heteroatoms. The van der Waals surface area contributed by atoms with Gasteiger partial charge in [-0.2, -0.15) is 0 Å². The van der Waals surface area contributed by atoms with Gasteiger partial charge < -0.3 is 5.32 Å². The molecule has 0 fully saturated rings. The number of hydrogen-bond donors (Lipinski definition) is 1. The first-order valence-corrected chi connectivity index (χ1v) is 14.0. The van der Waals surface area contributed by atoms with Crippen LogP contribution >= 0.6 is 39.1 Å². The van der Waals surface area contributed by atoms with Crippen LogP contribution in [0.15, 0.2) is 114 Å². The number of nitrogens with zero attached hydrogens (tertiary/aromatic N) is 2. The lowest BCUT2D eigenvalue weighted by molar-refractivity contribution is -0.121. The van der Waals surface area contributed by atoms with Crippen LogP contribution < -0.4 is 5.32 Å². The van der Waals surface area contributed by atoms with Crippen LogP contribution in [0.2, 0.25) is 10.0 Å². The van der Waals surface area contributed by atoms with Crippen molar-refractivity contribution in [3.63, 3.8) is 0 Å². The summed E-state index contributed by atoms with van der Waals surface area (Å²) in [6.45, 7) is 0.188. The van der Waals surface area contributed by atoms with E-state index >= 15 is 0 Å². The summed E-state index contributed by atoms with van der Waals surface area (Å²) in [6.07, 6.45) is 2.08. The van der Waals surface area contributed by atoms with Crippen molar-refractivity contribution in [3.05, 3.63) is 141 Å². The normalized spacial score (nSPS) is 11.0. The Labute approximate surface area is 246 Å². The molecule has 0 saturated carbocycles. The van der Waals surface area contributed by atoms with Crippen LogP contribution in [0.25, 0.3) is 22.4 Å². The molecule has 0 atom stereocenters. The van der Waals surface area contributed by atoms with E-state index < -0.39 is 0 Å². The lowest BCUT2D eigenvalue weighted by Gasteiger charge is -2.18. The van der Waals surface area contributed by atoms with Crippen molar-refractivity contribution < 1.29 is 4.79 Å². The molecule has 1 amide bonds. The molecule has 4 nitrogen and oxygen atoms in total. The maximum Gasteiger partial charge on any atom is 0.221 e.